The van der Waals surface area contributed by atoms with Crippen molar-refractivity contribution in [3.63, 3.8) is 0 Å². The molecule has 0 saturated carbocycles. The van der Waals surface area contributed by atoms with Crippen LogP contribution in [0.2, 0.25) is 0 Å². The Balaban J connectivity index is 1.94. The monoisotopic (exact) mass is 251 g/mol. The van der Waals surface area contributed by atoms with Gasteiger partial charge in [-0.15, -0.1) is 0 Å². The smallest absolute Gasteiger partial charge is 0.263 e. The second kappa shape index (κ2) is 5.73. The van der Waals surface area contributed by atoms with Gasteiger partial charge in [-0.3, -0.25) is 4.79 Å². The Morgan fingerprint density at radius 2 is 2.17 bits per heavy atom. The Hall–Kier alpha value is -1.75. The molecule has 1 atom stereocenters. The van der Waals surface area contributed by atoms with Gasteiger partial charge in [-0.1, -0.05) is 6.07 Å². The van der Waals surface area contributed by atoms with E-state index in [2.05, 4.69) is 0 Å². The zero-order valence-corrected chi connectivity index (χ0v) is 10.3. The van der Waals surface area contributed by atoms with Crippen LogP contribution in [0.5, 0.6) is 11.5 Å². The third kappa shape index (κ3) is 3.13. The first-order valence-electron chi connectivity index (χ1n) is 5.99. The number of hydrogen-bond donors (Lipinski definition) is 1. The summed E-state index contributed by atoms with van der Waals surface area (Å²) in [6.07, 6.45) is -0.565. The molecule has 5 nitrogen and oxygen atoms in total. The Kier molecular flexibility index (Phi) is 4.04. The summed E-state index contributed by atoms with van der Waals surface area (Å²) < 4.78 is 10.7. The van der Waals surface area contributed by atoms with Crippen molar-refractivity contribution in [2.75, 3.05) is 26.3 Å². The van der Waals surface area contributed by atoms with E-state index in [1.807, 2.05) is 0 Å². The fourth-order valence-electron chi connectivity index (χ4n) is 1.85. The van der Waals surface area contributed by atoms with E-state index in [9.17, 15) is 9.90 Å². The summed E-state index contributed by atoms with van der Waals surface area (Å²) in [6.45, 7) is 4.07. The fraction of sp³-hybridized carbons (Fsp3) is 0.462. The number of carbonyl (C=O) groups is 1. The Morgan fingerprint density at radius 1 is 1.44 bits per heavy atom. The molecule has 2 rings (SSSR count). The van der Waals surface area contributed by atoms with Crippen LogP contribution in [-0.4, -0.2) is 48.3 Å². The second-order valence-corrected chi connectivity index (χ2v) is 4.20. The van der Waals surface area contributed by atoms with Gasteiger partial charge < -0.3 is 19.5 Å². The van der Waals surface area contributed by atoms with Crippen LogP contribution in [0, 0.1) is 0 Å². The zero-order valence-electron chi connectivity index (χ0n) is 10.3. The summed E-state index contributed by atoms with van der Waals surface area (Å²) in [5.41, 5.74) is 0. The molecule has 1 N–H and O–H groups in total. The Labute approximate surface area is 106 Å². The average Bonchev–Trinajstić information content (AvgIpc) is 2.39. The first-order chi connectivity index (χ1) is 8.66. The highest BCUT2D eigenvalue weighted by molar-refractivity contribution is 5.81. The van der Waals surface area contributed by atoms with Crippen LogP contribution in [0.1, 0.15) is 6.92 Å². The van der Waals surface area contributed by atoms with Crippen LogP contribution >= 0.6 is 0 Å². The normalized spacial score (nSPS) is 17.3. The Bertz CT molecular complexity index is 415. The first-order valence-corrected chi connectivity index (χ1v) is 5.99. The van der Waals surface area contributed by atoms with E-state index in [0.717, 1.165) is 0 Å². The summed E-state index contributed by atoms with van der Waals surface area (Å²) >= 11 is 0. The van der Waals surface area contributed by atoms with E-state index in [-0.39, 0.29) is 11.7 Å². The minimum Gasteiger partial charge on any atom is -0.508 e. The number of ether oxygens (including phenoxy) is 2. The molecule has 0 bridgehead atoms. The third-order valence-electron chi connectivity index (χ3n) is 2.80. The maximum Gasteiger partial charge on any atom is 0.263 e. The molecule has 5 heteroatoms. The van der Waals surface area contributed by atoms with Crippen LogP contribution in [0.15, 0.2) is 24.3 Å². The molecule has 1 saturated heterocycles. The van der Waals surface area contributed by atoms with Crippen LogP contribution in [0.25, 0.3) is 0 Å². The highest BCUT2D eigenvalue weighted by atomic mass is 16.5. The summed E-state index contributed by atoms with van der Waals surface area (Å²) in [5.74, 6) is 0.560. The number of benzene rings is 1. The van der Waals surface area contributed by atoms with Gasteiger partial charge in [-0.2, -0.15) is 0 Å². The average molecular weight is 251 g/mol. The lowest BCUT2D eigenvalue weighted by Gasteiger charge is -2.29. The molecule has 1 amide bonds. The van der Waals surface area contributed by atoms with E-state index in [0.29, 0.717) is 32.1 Å². The molecule has 98 valence electrons. The quantitative estimate of drug-likeness (QED) is 0.871. The molecule has 1 aromatic carbocycles. The summed E-state index contributed by atoms with van der Waals surface area (Å²) in [7, 11) is 0. The van der Waals surface area contributed by atoms with Gasteiger partial charge in [0, 0.05) is 19.2 Å². The van der Waals surface area contributed by atoms with Crippen molar-refractivity contribution in [3.8, 4) is 11.5 Å². The molecule has 1 fully saturated rings. The molecule has 1 aliphatic rings. The van der Waals surface area contributed by atoms with Crippen LogP contribution in [-0.2, 0) is 9.53 Å². The number of aromatic hydroxyl groups is 1. The largest absolute Gasteiger partial charge is 0.508 e. The third-order valence-corrected chi connectivity index (χ3v) is 2.80. The van der Waals surface area contributed by atoms with Crippen molar-refractivity contribution >= 4 is 5.91 Å². The molecule has 0 aliphatic carbocycles. The number of amides is 1. The number of hydrogen-bond acceptors (Lipinski definition) is 4. The van der Waals surface area contributed by atoms with Crippen LogP contribution < -0.4 is 4.74 Å². The van der Waals surface area contributed by atoms with Gasteiger partial charge in [0.05, 0.1) is 13.2 Å². The van der Waals surface area contributed by atoms with E-state index < -0.39 is 6.10 Å². The highest BCUT2D eigenvalue weighted by Gasteiger charge is 2.23. The predicted molar refractivity (Wildman–Crippen MR) is 65.6 cm³/mol. The van der Waals surface area contributed by atoms with E-state index in [4.69, 9.17) is 9.47 Å². The molecule has 1 aromatic rings. The fourth-order valence-corrected chi connectivity index (χ4v) is 1.85. The summed E-state index contributed by atoms with van der Waals surface area (Å²) in [6, 6.07) is 6.43. The number of phenolic OH excluding ortho intramolecular Hbond substituents is 1. The van der Waals surface area contributed by atoms with Gasteiger partial charge in [0.25, 0.3) is 5.91 Å². The lowest BCUT2D eigenvalue weighted by molar-refractivity contribution is -0.142. The molecule has 0 spiro atoms. The number of rotatable bonds is 3. The number of phenols is 1. The minimum atomic E-state index is -0.565. The number of nitrogens with zero attached hydrogens (tertiary/aromatic N) is 1. The lowest BCUT2D eigenvalue weighted by Crippen LogP contribution is -2.46. The molecule has 1 aliphatic heterocycles. The van der Waals surface area contributed by atoms with Gasteiger partial charge in [-0.05, 0) is 19.1 Å². The highest BCUT2D eigenvalue weighted by Crippen LogP contribution is 2.19. The van der Waals surface area contributed by atoms with E-state index in [1.54, 1.807) is 30.0 Å². The van der Waals surface area contributed by atoms with E-state index >= 15 is 0 Å². The summed E-state index contributed by atoms with van der Waals surface area (Å²) in [5, 5.41) is 9.32. The molecule has 1 unspecified atom stereocenters. The molecular formula is C13H17NO4. The maximum absolute atomic E-state index is 12.1. The van der Waals surface area contributed by atoms with Gasteiger partial charge >= 0.3 is 0 Å². The maximum atomic E-state index is 12.1. The topological polar surface area (TPSA) is 59.0 Å². The SMILES string of the molecule is CC(Oc1cccc(O)c1)C(=O)N1CCOCC1. The van der Waals surface area contributed by atoms with Crippen molar-refractivity contribution in [1.82, 2.24) is 4.90 Å². The van der Waals surface area contributed by atoms with Crippen molar-refractivity contribution in [1.29, 1.82) is 0 Å². The van der Waals surface area contributed by atoms with Gasteiger partial charge in [0.2, 0.25) is 0 Å². The summed E-state index contributed by atoms with van der Waals surface area (Å²) in [4.78, 5) is 13.8. The first kappa shape index (κ1) is 12.7. The standard InChI is InChI=1S/C13H17NO4/c1-10(13(16)14-5-7-17-8-6-14)18-12-4-2-3-11(15)9-12/h2-4,9-10,15H,5-8H2,1H3. The second-order valence-electron chi connectivity index (χ2n) is 4.20. The molecule has 0 aromatic heterocycles. The van der Waals surface area contributed by atoms with Crippen LogP contribution in [0.3, 0.4) is 0 Å². The molecule has 18 heavy (non-hydrogen) atoms. The van der Waals surface area contributed by atoms with Gasteiger partial charge in [0.15, 0.2) is 6.10 Å². The van der Waals surface area contributed by atoms with Crippen molar-refractivity contribution < 1.29 is 19.4 Å². The predicted octanol–water partition coefficient (Wildman–Crippen LogP) is 1.02. The minimum absolute atomic E-state index is 0.0540. The number of morpholine rings is 1. The van der Waals surface area contributed by atoms with Gasteiger partial charge in [-0.25, -0.2) is 0 Å². The molecular weight excluding hydrogens is 234 g/mol. The van der Waals surface area contributed by atoms with Crippen molar-refractivity contribution in [3.05, 3.63) is 24.3 Å². The molecule has 1 heterocycles. The van der Waals surface area contributed by atoms with Crippen molar-refractivity contribution in [2.24, 2.45) is 0 Å². The lowest BCUT2D eigenvalue weighted by atomic mass is 10.3. The number of carbonyl (C=O) groups excluding carboxylic acids is 1. The Morgan fingerprint density at radius 3 is 2.83 bits per heavy atom. The van der Waals surface area contributed by atoms with Gasteiger partial charge in [0.1, 0.15) is 11.5 Å². The van der Waals surface area contributed by atoms with Crippen molar-refractivity contribution in [2.45, 2.75) is 13.0 Å². The molecule has 0 radical (unpaired) electrons. The zero-order chi connectivity index (χ0) is 13.0. The van der Waals surface area contributed by atoms with Crippen LogP contribution in [0.4, 0.5) is 0 Å². The van der Waals surface area contributed by atoms with E-state index in [1.165, 1.54) is 6.07 Å².